The summed E-state index contributed by atoms with van der Waals surface area (Å²) in [5.74, 6) is -1.90. The molecule has 1 aliphatic heterocycles. The molecule has 2 aromatic rings. The van der Waals surface area contributed by atoms with Crippen LogP contribution in [0.5, 0.6) is 0 Å². The van der Waals surface area contributed by atoms with E-state index in [1.807, 2.05) is 0 Å². The molecule has 2 aromatic heterocycles. The number of alkyl halides is 1. The topological polar surface area (TPSA) is 170 Å². The average molecular weight is 665 g/mol. The number of thioether (sulfide) groups is 2. The van der Waals surface area contributed by atoms with Gasteiger partial charge in [-0.1, -0.05) is 72.0 Å². The van der Waals surface area contributed by atoms with Gasteiger partial charge in [0.25, 0.3) is 0 Å². The molecular formula is C26H42FN6O7PS2. The molecule has 0 aromatic carbocycles. The minimum atomic E-state index is -4.31. The highest BCUT2D eigenvalue weighted by Crippen LogP contribution is 2.52. The highest BCUT2D eigenvalue weighted by atomic mass is 32.2. The van der Waals surface area contributed by atoms with E-state index >= 15 is 4.39 Å². The van der Waals surface area contributed by atoms with E-state index in [2.05, 4.69) is 20.3 Å². The molecule has 43 heavy (non-hydrogen) atoms. The predicted molar refractivity (Wildman–Crippen MR) is 166 cm³/mol. The normalized spacial score (nSPS) is 21.4. The molecule has 0 radical (unpaired) electrons. The number of hydrogen-bond donors (Lipinski definition) is 2. The molecule has 0 aliphatic carbocycles. The van der Waals surface area contributed by atoms with Crippen LogP contribution >= 0.6 is 31.3 Å². The van der Waals surface area contributed by atoms with Gasteiger partial charge < -0.3 is 15.8 Å². The molecule has 3 heterocycles. The van der Waals surface area contributed by atoms with Crippen molar-refractivity contribution in [3.8, 4) is 0 Å². The van der Waals surface area contributed by atoms with E-state index < -0.39 is 37.3 Å². The Balaban J connectivity index is 1.68. The lowest BCUT2D eigenvalue weighted by atomic mass is 9.99. The number of phosphoric acid groups is 1. The summed E-state index contributed by atoms with van der Waals surface area (Å²) in [5, 5.41) is 2.78. The van der Waals surface area contributed by atoms with Gasteiger partial charge in [-0.2, -0.15) is 9.97 Å². The zero-order chi connectivity index (χ0) is 32.2. The van der Waals surface area contributed by atoms with Crippen LogP contribution < -0.4 is 11.1 Å². The number of halogens is 1. The summed E-state index contributed by atoms with van der Waals surface area (Å²) >= 11 is 2.06. The summed E-state index contributed by atoms with van der Waals surface area (Å²) in [7, 11) is -2.64. The number of hydrogen-bond acceptors (Lipinski definition) is 14. The van der Waals surface area contributed by atoms with E-state index in [4.69, 9.17) is 24.0 Å². The van der Waals surface area contributed by atoms with E-state index in [1.165, 1.54) is 6.33 Å². The van der Waals surface area contributed by atoms with Gasteiger partial charge in [-0.25, -0.2) is 13.9 Å². The number of carbonyl (C=O) groups excluding carboxylic acids is 2. The first-order chi connectivity index (χ1) is 19.9. The Kier molecular flexibility index (Phi) is 11.7. The molecule has 1 fully saturated rings. The number of fused-ring (bicyclic) bond motifs is 1. The molecule has 17 heteroatoms. The first-order valence-corrected chi connectivity index (χ1v) is 17.2. The van der Waals surface area contributed by atoms with Gasteiger partial charge in [0.2, 0.25) is 11.8 Å². The Morgan fingerprint density at radius 1 is 1.12 bits per heavy atom. The van der Waals surface area contributed by atoms with Gasteiger partial charge >= 0.3 is 7.82 Å². The van der Waals surface area contributed by atoms with Crippen LogP contribution in [0.1, 0.15) is 61.1 Å². The third-order valence-corrected chi connectivity index (χ3v) is 10.1. The number of rotatable bonds is 13. The molecule has 1 saturated heterocycles. The van der Waals surface area contributed by atoms with Crippen LogP contribution in [0.3, 0.4) is 0 Å². The number of anilines is 2. The van der Waals surface area contributed by atoms with Crippen LogP contribution in [0.2, 0.25) is 0 Å². The molecule has 3 atom stereocenters. The zero-order valence-electron chi connectivity index (χ0n) is 25.8. The van der Waals surface area contributed by atoms with Crippen molar-refractivity contribution in [1.29, 1.82) is 0 Å². The maximum absolute atomic E-state index is 16.0. The van der Waals surface area contributed by atoms with Gasteiger partial charge in [0.15, 0.2) is 27.2 Å². The van der Waals surface area contributed by atoms with E-state index in [0.717, 1.165) is 23.5 Å². The summed E-state index contributed by atoms with van der Waals surface area (Å²) in [6, 6.07) is 0. The molecule has 3 rings (SSSR count). The van der Waals surface area contributed by atoms with Crippen LogP contribution in [-0.4, -0.2) is 74.0 Å². The molecule has 0 spiro atoms. The SMILES string of the molecule is CNc1nc(N)nc2c1ncn2[C@@H]1O[C@](F)(COP(=O)(OCCSC(=O)C(C)(C)C)OCCSC(=O)C(C)(C)C)C[C@@H]1C. The Morgan fingerprint density at radius 2 is 1.67 bits per heavy atom. The highest BCUT2D eigenvalue weighted by Gasteiger charge is 2.48. The minimum Gasteiger partial charge on any atom is -0.371 e. The fraction of sp³-hybridized carbons (Fsp3) is 0.731. The van der Waals surface area contributed by atoms with Crippen LogP contribution in [-0.2, 0) is 32.5 Å². The van der Waals surface area contributed by atoms with Crippen LogP contribution in [0.4, 0.5) is 16.2 Å². The Labute approximate surface area is 259 Å². The number of carbonyl (C=O) groups is 2. The van der Waals surface area contributed by atoms with Gasteiger partial charge in [0.05, 0.1) is 19.5 Å². The highest BCUT2D eigenvalue weighted by molar-refractivity contribution is 8.14. The molecule has 0 saturated carbocycles. The number of phosphoric ester groups is 1. The van der Waals surface area contributed by atoms with E-state index in [0.29, 0.717) is 17.0 Å². The summed E-state index contributed by atoms with van der Waals surface area (Å²) < 4.78 is 53.3. The molecule has 13 nitrogen and oxygen atoms in total. The predicted octanol–water partition coefficient (Wildman–Crippen LogP) is 5.44. The molecule has 1 aliphatic rings. The van der Waals surface area contributed by atoms with Crippen molar-refractivity contribution >= 4 is 64.5 Å². The standard InChI is InChI=1S/C26H42FN6O7PS2/c1-16-13-26(27,40-20(16)33-15-30-17-18(29-8)31-23(28)32-19(17)33)14-39-41(36,37-9-11-42-21(34)24(2,3)4)38-10-12-43-22(35)25(5,6)7/h15-16,20H,9-14H2,1-8H3,(H3,28,29,31,32)/t16-,20+,26-/m0/s1. The maximum atomic E-state index is 16.0. The number of nitrogens with zero attached hydrogens (tertiary/aromatic N) is 4. The van der Waals surface area contributed by atoms with E-state index in [9.17, 15) is 14.2 Å². The second kappa shape index (κ2) is 14.1. The van der Waals surface area contributed by atoms with Gasteiger partial charge in [0.1, 0.15) is 12.8 Å². The lowest BCUT2D eigenvalue weighted by Gasteiger charge is -2.24. The van der Waals surface area contributed by atoms with Crippen molar-refractivity contribution in [3.63, 3.8) is 0 Å². The van der Waals surface area contributed by atoms with Gasteiger partial charge in [-0.3, -0.25) is 27.7 Å². The van der Waals surface area contributed by atoms with Crippen molar-refractivity contribution in [3.05, 3.63) is 6.33 Å². The number of ether oxygens (including phenoxy) is 1. The summed E-state index contributed by atoms with van der Waals surface area (Å²) in [5.41, 5.74) is 5.54. The third-order valence-electron chi connectivity index (χ3n) is 6.19. The van der Waals surface area contributed by atoms with Gasteiger partial charge in [-0.05, 0) is 0 Å². The molecule has 0 bridgehead atoms. The summed E-state index contributed by atoms with van der Waals surface area (Å²) in [6.07, 6.45) is 0.554. The monoisotopic (exact) mass is 664 g/mol. The maximum Gasteiger partial charge on any atom is 0.475 e. The number of nitrogens with two attached hydrogens (primary N) is 1. The fourth-order valence-corrected chi connectivity index (χ4v) is 6.99. The Bertz CT molecular complexity index is 1310. The lowest BCUT2D eigenvalue weighted by Crippen LogP contribution is -2.29. The second-order valence-electron chi connectivity index (χ2n) is 12.2. The molecule has 0 amide bonds. The lowest BCUT2D eigenvalue weighted by molar-refractivity contribution is -0.175. The van der Waals surface area contributed by atoms with Crippen molar-refractivity contribution in [2.75, 3.05) is 49.4 Å². The van der Waals surface area contributed by atoms with Gasteiger partial charge in [0, 0.05) is 41.7 Å². The summed E-state index contributed by atoms with van der Waals surface area (Å²) in [6.45, 7) is 11.5. The van der Waals surface area contributed by atoms with Crippen LogP contribution in [0.15, 0.2) is 6.33 Å². The largest absolute Gasteiger partial charge is 0.475 e. The first-order valence-electron chi connectivity index (χ1n) is 13.8. The van der Waals surface area contributed by atoms with Gasteiger partial charge in [-0.15, -0.1) is 0 Å². The average Bonchev–Trinajstić information content (AvgIpc) is 3.46. The van der Waals surface area contributed by atoms with Crippen molar-refractivity contribution in [2.45, 2.75) is 67.0 Å². The second-order valence-corrected chi connectivity index (χ2v) is 16.0. The Morgan fingerprint density at radius 3 is 2.19 bits per heavy atom. The summed E-state index contributed by atoms with van der Waals surface area (Å²) in [4.78, 5) is 37.2. The minimum absolute atomic E-state index is 0.0130. The third kappa shape index (κ3) is 9.59. The number of nitrogens with one attached hydrogen (secondary N) is 1. The van der Waals surface area contributed by atoms with Crippen LogP contribution in [0.25, 0.3) is 11.2 Å². The molecule has 0 unspecified atom stereocenters. The number of aromatic nitrogens is 4. The molecule has 3 N–H and O–H groups in total. The number of nitrogen functional groups attached to an aromatic ring is 1. The smallest absolute Gasteiger partial charge is 0.371 e. The number of imidazole rings is 1. The fourth-order valence-electron chi connectivity index (χ4n) is 3.97. The van der Waals surface area contributed by atoms with Crippen LogP contribution in [0, 0.1) is 16.7 Å². The molecular weight excluding hydrogens is 622 g/mol. The quantitative estimate of drug-likeness (QED) is 0.205. The van der Waals surface area contributed by atoms with E-state index in [1.54, 1.807) is 60.1 Å². The van der Waals surface area contributed by atoms with Crippen molar-refractivity contribution in [1.82, 2.24) is 19.5 Å². The first kappa shape index (κ1) is 35.7. The Hall–Kier alpha value is -1.81. The zero-order valence-corrected chi connectivity index (χ0v) is 28.4. The van der Waals surface area contributed by atoms with Crippen molar-refractivity contribution in [2.24, 2.45) is 16.7 Å². The molecule has 242 valence electrons. The van der Waals surface area contributed by atoms with E-state index in [-0.39, 0.29) is 53.2 Å². The van der Waals surface area contributed by atoms with Crippen molar-refractivity contribution < 1.29 is 36.9 Å².